The van der Waals surface area contributed by atoms with Crippen LogP contribution in [0.5, 0.6) is 0 Å². The molecule has 0 N–H and O–H groups in total. The van der Waals surface area contributed by atoms with E-state index >= 15 is 0 Å². The molecule has 0 bridgehead atoms. The van der Waals surface area contributed by atoms with Gasteiger partial charge in [0.05, 0.1) is 12.0 Å². The van der Waals surface area contributed by atoms with Crippen molar-refractivity contribution in [2.45, 2.75) is 52.5 Å². The molecular formula is C14H27NO2. The van der Waals surface area contributed by atoms with Gasteiger partial charge in [-0.2, -0.15) is 0 Å². The van der Waals surface area contributed by atoms with Gasteiger partial charge >= 0.3 is 0 Å². The third-order valence-corrected chi connectivity index (χ3v) is 3.68. The fourth-order valence-electron chi connectivity index (χ4n) is 2.37. The average molecular weight is 241 g/mol. The Morgan fingerprint density at radius 1 is 1.41 bits per heavy atom. The van der Waals surface area contributed by atoms with E-state index in [1.165, 1.54) is 19.3 Å². The van der Waals surface area contributed by atoms with Crippen molar-refractivity contribution in [1.29, 1.82) is 0 Å². The topological polar surface area (TPSA) is 29.5 Å². The lowest BCUT2D eigenvalue weighted by Crippen LogP contribution is -2.43. The van der Waals surface area contributed by atoms with Crippen LogP contribution < -0.4 is 0 Å². The van der Waals surface area contributed by atoms with Crippen molar-refractivity contribution in [3.8, 4) is 0 Å². The van der Waals surface area contributed by atoms with Gasteiger partial charge < -0.3 is 9.53 Å². The van der Waals surface area contributed by atoms with E-state index < -0.39 is 0 Å². The Morgan fingerprint density at radius 2 is 2.18 bits per heavy atom. The first kappa shape index (κ1) is 14.7. The number of unbranched alkanes of at least 4 members (excludes halogenated alkanes) is 2. The summed E-state index contributed by atoms with van der Waals surface area (Å²) in [6, 6.07) is 0.504. The highest BCUT2D eigenvalue weighted by atomic mass is 16.5. The van der Waals surface area contributed by atoms with Crippen LogP contribution in [0.3, 0.4) is 0 Å². The van der Waals surface area contributed by atoms with Crippen molar-refractivity contribution in [2.75, 3.05) is 26.3 Å². The van der Waals surface area contributed by atoms with Crippen LogP contribution in [0.1, 0.15) is 46.5 Å². The van der Waals surface area contributed by atoms with Crippen LogP contribution in [0, 0.1) is 5.41 Å². The van der Waals surface area contributed by atoms with Crippen molar-refractivity contribution < 1.29 is 9.53 Å². The normalized spacial score (nSPS) is 24.8. The highest BCUT2D eigenvalue weighted by Crippen LogP contribution is 2.28. The van der Waals surface area contributed by atoms with Crippen molar-refractivity contribution >= 4 is 6.29 Å². The number of ether oxygens (including phenoxy) is 1. The van der Waals surface area contributed by atoms with Crippen molar-refractivity contribution in [3.05, 3.63) is 0 Å². The molecule has 1 unspecified atom stereocenters. The molecule has 0 amide bonds. The van der Waals surface area contributed by atoms with Gasteiger partial charge in [-0.25, -0.2) is 0 Å². The predicted molar refractivity (Wildman–Crippen MR) is 70.2 cm³/mol. The first-order valence-corrected chi connectivity index (χ1v) is 6.91. The number of aldehydes is 1. The van der Waals surface area contributed by atoms with Crippen LogP contribution in [-0.4, -0.2) is 43.5 Å². The standard InChI is InChI=1S/C14H27NO2/c1-4-5-6-8-15(13(2)3)10-14(11-16)7-9-17-12-14/h11,13H,4-10,12H2,1-3H3. The van der Waals surface area contributed by atoms with E-state index in [0.717, 1.165) is 32.4 Å². The van der Waals surface area contributed by atoms with Crippen LogP contribution in [0.15, 0.2) is 0 Å². The molecule has 1 fully saturated rings. The lowest BCUT2D eigenvalue weighted by atomic mass is 9.88. The maximum absolute atomic E-state index is 11.3. The molecule has 1 rings (SSSR count). The monoisotopic (exact) mass is 241 g/mol. The fourth-order valence-corrected chi connectivity index (χ4v) is 2.37. The Labute approximate surface area is 106 Å². The van der Waals surface area contributed by atoms with E-state index in [0.29, 0.717) is 12.6 Å². The number of hydrogen-bond acceptors (Lipinski definition) is 3. The molecule has 1 saturated heterocycles. The number of nitrogens with zero attached hydrogens (tertiary/aromatic N) is 1. The molecule has 1 aliphatic rings. The minimum Gasteiger partial charge on any atom is -0.380 e. The van der Waals surface area contributed by atoms with Gasteiger partial charge in [-0.1, -0.05) is 19.8 Å². The summed E-state index contributed by atoms with van der Waals surface area (Å²) >= 11 is 0. The molecule has 0 spiro atoms. The van der Waals surface area contributed by atoms with Crippen LogP contribution in [0.25, 0.3) is 0 Å². The number of carbonyl (C=O) groups is 1. The van der Waals surface area contributed by atoms with E-state index in [1.54, 1.807) is 0 Å². The molecule has 0 aromatic rings. The molecule has 1 heterocycles. The van der Waals surface area contributed by atoms with Crippen molar-refractivity contribution in [1.82, 2.24) is 4.90 Å². The molecular weight excluding hydrogens is 214 g/mol. The maximum atomic E-state index is 11.3. The third-order valence-electron chi connectivity index (χ3n) is 3.68. The van der Waals surface area contributed by atoms with E-state index in [1.807, 2.05) is 0 Å². The number of carbonyl (C=O) groups excluding carboxylic acids is 1. The summed E-state index contributed by atoms with van der Waals surface area (Å²) in [7, 11) is 0. The van der Waals surface area contributed by atoms with Gasteiger partial charge in [0, 0.05) is 19.2 Å². The second kappa shape index (κ2) is 7.12. The highest BCUT2D eigenvalue weighted by molar-refractivity contribution is 5.60. The minimum absolute atomic E-state index is 0.240. The second-order valence-electron chi connectivity index (χ2n) is 5.55. The van der Waals surface area contributed by atoms with Gasteiger partial charge in [-0.3, -0.25) is 4.90 Å². The van der Waals surface area contributed by atoms with Crippen LogP contribution in [0.2, 0.25) is 0 Å². The first-order chi connectivity index (χ1) is 8.13. The summed E-state index contributed by atoms with van der Waals surface area (Å²) < 4.78 is 5.40. The molecule has 1 atom stereocenters. The zero-order valence-corrected chi connectivity index (χ0v) is 11.6. The number of hydrogen-bond donors (Lipinski definition) is 0. The summed E-state index contributed by atoms with van der Waals surface area (Å²) in [6.07, 6.45) is 5.74. The average Bonchev–Trinajstić information content (AvgIpc) is 2.77. The maximum Gasteiger partial charge on any atom is 0.129 e. The summed E-state index contributed by atoms with van der Waals surface area (Å²) in [5.74, 6) is 0. The third kappa shape index (κ3) is 4.40. The Hall–Kier alpha value is -0.410. The van der Waals surface area contributed by atoms with Crippen molar-refractivity contribution in [3.63, 3.8) is 0 Å². The van der Waals surface area contributed by atoms with E-state index in [4.69, 9.17) is 4.74 Å². The Bertz CT molecular complexity index is 222. The van der Waals surface area contributed by atoms with Crippen LogP contribution >= 0.6 is 0 Å². The molecule has 0 radical (unpaired) electrons. The van der Waals surface area contributed by atoms with E-state index in [9.17, 15) is 4.79 Å². The predicted octanol–water partition coefficient (Wildman–Crippen LogP) is 2.49. The van der Waals surface area contributed by atoms with E-state index in [-0.39, 0.29) is 5.41 Å². The Kier molecular flexibility index (Phi) is 6.14. The zero-order valence-electron chi connectivity index (χ0n) is 11.6. The van der Waals surface area contributed by atoms with Crippen LogP contribution in [0.4, 0.5) is 0 Å². The fraction of sp³-hybridized carbons (Fsp3) is 0.929. The number of rotatable bonds is 8. The molecule has 0 aromatic heterocycles. The highest BCUT2D eigenvalue weighted by Gasteiger charge is 2.36. The molecule has 100 valence electrons. The molecule has 17 heavy (non-hydrogen) atoms. The summed E-state index contributed by atoms with van der Waals surface area (Å²) in [4.78, 5) is 13.7. The Morgan fingerprint density at radius 3 is 2.65 bits per heavy atom. The summed E-state index contributed by atoms with van der Waals surface area (Å²) in [5.41, 5.74) is -0.240. The molecule has 3 nitrogen and oxygen atoms in total. The summed E-state index contributed by atoms with van der Waals surface area (Å²) in [5, 5.41) is 0. The molecule has 1 aliphatic heterocycles. The quantitative estimate of drug-likeness (QED) is 0.483. The Balaban J connectivity index is 2.49. The van der Waals surface area contributed by atoms with Gasteiger partial charge in [-0.15, -0.1) is 0 Å². The van der Waals surface area contributed by atoms with Gasteiger partial charge in [0.25, 0.3) is 0 Å². The van der Waals surface area contributed by atoms with Gasteiger partial charge in [0.15, 0.2) is 0 Å². The molecule has 0 saturated carbocycles. The minimum atomic E-state index is -0.240. The summed E-state index contributed by atoms with van der Waals surface area (Å²) in [6.45, 7) is 9.93. The van der Waals surface area contributed by atoms with Crippen molar-refractivity contribution in [2.24, 2.45) is 5.41 Å². The van der Waals surface area contributed by atoms with Gasteiger partial charge in [0.2, 0.25) is 0 Å². The molecule has 0 aliphatic carbocycles. The van der Waals surface area contributed by atoms with Gasteiger partial charge in [-0.05, 0) is 33.2 Å². The zero-order chi connectivity index (χ0) is 12.7. The SMILES string of the molecule is CCCCCN(CC1(C=O)CCOC1)C(C)C. The molecule has 0 aromatic carbocycles. The molecule has 3 heteroatoms. The first-order valence-electron chi connectivity index (χ1n) is 6.91. The lowest BCUT2D eigenvalue weighted by Gasteiger charge is -2.33. The smallest absolute Gasteiger partial charge is 0.129 e. The largest absolute Gasteiger partial charge is 0.380 e. The van der Waals surface area contributed by atoms with Crippen LogP contribution in [-0.2, 0) is 9.53 Å². The second-order valence-corrected chi connectivity index (χ2v) is 5.55. The van der Waals surface area contributed by atoms with E-state index in [2.05, 4.69) is 25.7 Å². The lowest BCUT2D eigenvalue weighted by molar-refractivity contribution is -0.117. The van der Waals surface area contributed by atoms with Gasteiger partial charge in [0.1, 0.15) is 6.29 Å².